The van der Waals surface area contributed by atoms with E-state index in [-0.39, 0.29) is 17.5 Å². The molecule has 27 heavy (non-hydrogen) atoms. The second-order valence-corrected chi connectivity index (χ2v) is 8.80. The molecule has 136 valence electrons. The smallest absolute Gasteiger partial charge is 0.235 e. The number of hydrogen-bond acceptors (Lipinski definition) is 4. The van der Waals surface area contributed by atoms with E-state index in [1.54, 1.807) is 25.1 Å². The van der Waals surface area contributed by atoms with Crippen LogP contribution in [0.4, 0.5) is 5.69 Å². The summed E-state index contributed by atoms with van der Waals surface area (Å²) in [6.07, 6.45) is 0.492. The number of fused-ring (bicyclic) bond motifs is 2. The number of aromatic hydroxyl groups is 1. The van der Waals surface area contributed by atoms with Gasteiger partial charge in [-0.3, -0.25) is 4.31 Å². The highest BCUT2D eigenvalue weighted by Gasteiger charge is 2.37. The third-order valence-electron chi connectivity index (χ3n) is 5.04. The van der Waals surface area contributed by atoms with E-state index in [9.17, 15) is 13.5 Å². The normalized spacial score (nSPS) is 16.3. The number of hydrogen-bond donors (Lipinski definition) is 1. The second kappa shape index (κ2) is 6.29. The average Bonchev–Trinajstić information content (AvgIpc) is 3.06. The Kier molecular flexibility index (Phi) is 4.05. The van der Waals surface area contributed by atoms with Gasteiger partial charge in [0.05, 0.1) is 29.1 Å². The Bertz CT molecular complexity index is 1200. The quantitative estimate of drug-likeness (QED) is 0.750. The van der Waals surface area contributed by atoms with Crippen molar-refractivity contribution in [3.8, 4) is 11.8 Å². The zero-order chi connectivity index (χ0) is 19.2. The molecular weight excluding hydrogens is 360 g/mol. The summed E-state index contributed by atoms with van der Waals surface area (Å²) in [5.41, 5.74) is 2.86. The Morgan fingerprint density at radius 3 is 2.63 bits per heavy atom. The topological polar surface area (TPSA) is 81.4 Å². The average molecular weight is 378 g/mol. The van der Waals surface area contributed by atoms with E-state index in [0.717, 1.165) is 21.9 Å². The molecule has 1 N–H and O–H groups in total. The number of sulfonamides is 1. The van der Waals surface area contributed by atoms with Gasteiger partial charge in [-0.15, -0.1) is 0 Å². The van der Waals surface area contributed by atoms with E-state index in [0.29, 0.717) is 17.7 Å². The van der Waals surface area contributed by atoms with Crippen LogP contribution in [0.15, 0.2) is 54.6 Å². The molecule has 1 atom stereocenters. The van der Waals surface area contributed by atoms with Crippen LogP contribution in [0.1, 0.15) is 29.7 Å². The van der Waals surface area contributed by atoms with Crippen molar-refractivity contribution in [2.75, 3.05) is 10.1 Å². The van der Waals surface area contributed by atoms with Crippen LogP contribution in [0.2, 0.25) is 0 Å². The summed E-state index contributed by atoms with van der Waals surface area (Å²) in [6, 6.07) is 17.9. The third-order valence-corrected chi connectivity index (χ3v) is 6.82. The van der Waals surface area contributed by atoms with Crippen LogP contribution in [0, 0.1) is 11.3 Å². The molecule has 3 aromatic carbocycles. The number of anilines is 1. The number of rotatable bonds is 3. The molecule has 0 saturated heterocycles. The van der Waals surface area contributed by atoms with Gasteiger partial charge in [-0.25, -0.2) is 8.42 Å². The molecule has 0 aliphatic carbocycles. The zero-order valence-electron chi connectivity index (χ0n) is 14.8. The highest BCUT2D eigenvalue weighted by atomic mass is 32.2. The van der Waals surface area contributed by atoms with E-state index >= 15 is 0 Å². The maximum absolute atomic E-state index is 12.8. The van der Waals surface area contributed by atoms with E-state index in [4.69, 9.17) is 5.26 Å². The van der Waals surface area contributed by atoms with Crippen molar-refractivity contribution in [2.45, 2.75) is 19.4 Å². The van der Waals surface area contributed by atoms with Crippen molar-refractivity contribution >= 4 is 26.5 Å². The highest BCUT2D eigenvalue weighted by Crippen LogP contribution is 2.44. The van der Waals surface area contributed by atoms with Gasteiger partial charge in [0, 0.05) is 6.42 Å². The highest BCUT2D eigenvalue weighted by molar-refractivity contribution is 7.92. The van der Waals surface area contributed by atoms with Gasteiger partial charge in [0.15, 0.2) is 0 Å². The standard InChI is InChI=1S/C21H18N2O3S/c1-2-27(25,26)23-20-8-7-19(24)11-18(20)12-21(23)16-6-5-15-4-3-14(13-22)9-17(15)10-16/h3-11,21,24H,2,12H2,1H3. The van der Waals surface area contributed by atoms with Crippen molar-refractivity contribution in [3.05, 3.63) is 71.3 Å². The fourth-order valence-electron chi connectivity index (χ4n) is 3.69. The van der Waals surface area contributed by atoms with Gasteiger partial charge in [-0.2, -0.15) is 5.26 Å². The first-order chi connectivity index (χ1) is 12.9. The predicted octanol–water partition coefficient (Wildman–Crippen LogP) is 3.87. The fraction of sp³-hybridized carbons (Fsp3) is 0.190. The van der Waals surface area contributed by atoms with Crippen LogP contribution in [0.3, 0.4) is 0 Å². The molecule has 3 aromatic rings. The molecular formula is C21H18N2O3S. The van der Waals surface area contributed by atoms with Gasteiger partial charge < -0.3 is 5.11 Å². The molecule has 0 bridgehead atoms. The molecule has 0 radical (unpaired) electrons. The van der Waals surface area contributed by atoms with Crippen LogP contribution < -0.4 is 4.31 Å². The molecule has 0 spiro atoms. The fourth-order valence-corrected chi connectivity index (χ4v) is 5.03. The Balaban J connectivity index is 1.87. The van der Waals surface area contributed by atoms with Gasteiger partial charge in [0.1, 0.15) is 5.75 Å². The Morgan fingerprint density at radius 2 is 1.89 bits per heavy atom. The summed E-state index contributed by atoms with van der Waals surface area (Å²) in [7, 11) is -3.49. The molecule has 0 aromatic heterocycles. The lowest BCUT2D eigenvalue weighted by Crippen LogP contribution is -2.33. The lowest BCUT2D eigenvalue weighted by Gasteiger charge is -2.27. The summed E-state index contributed by atoms with van der Waals surface area (Å²) in [5, 5.41) is 20.8. The first kappa shape index (κ1) is 17.4. The van der Waals surface area contributed by atoms with Crippen LogP contribution in [0.5, 0.6) is 5.75 Å². The summed E-state index contributed by atoms with van der Waals surface area (Å²) >= 11 is 0. The van der Waals surface area contributed by atoms with Gasteiger partial charge in [-0.05, 0) is 65.2 Å². The molecule has 1 heterocycles. The second-order valence-electron chi connectivity index (χ2n) is 6.66. The van der Waals surface area contributed by atoms with E-state index < -0.39 is 10.0 Å². The lowest BCUT2D eigenvalue weighted by molar-refractivity contribution is 0.475. The molecule has 0 amide bonds. The van der Waals surface area contributed by atoms with Gasteiger partial charge in [-0.1, -0.05) is 18.2 Å². The van der Waals surface area contributed by atoms with Crippen LogP contribution in [0.25, 0.3) is 10.8 Å². The molecule has 1 aliphatic rings. The van der Waals surface area contributed by atoms with E-state index in [1.807, 2.05) is 30.3 Å². The van der Waals surface area contributed by atoms with E-state index in [1.165, 1.54) is 10.4 Å². The maximum atomic E-state index is 12.8. The molecule has 1 unspecified atom stereocenters. The minimum atomic E-state index is -3.49. The molecule has 5 nitrogen and oxygen atoms in total. The minimum Gasteiger partial charge on any atom is -0.508 e. The first-order valence-electron chi connectivity index (χ1n) is 8.71. The maximum Gasteiger partial charge on any atom is 0.235 e. The number of phenolic OH excluding ortho intramolecular Hbond substituents is 1. The van der Waals surface area contributed by atoms with Crippen molar-refractivity contribution in [3.63, 3.8) is 0 Å². The zero-order valence-corrected chi connectivity index (χ0v) is 15.6. The van der Waals surface area contributed by atoms with E-state index in [2.05, 4.69) is 6.07 Å². The van der Waals surface area contributed by atoms with Gasteiger partial charge in [0.25, 0.3) is 0 Å². The van der Waals surface area contributed by atoms with Gasteiger partial charge in [0.2, 0.25) is 10.0 Å². The van der Waals surface area contributed by atoms with Crippen molar-refractivity contribution in [1.29, 1.82) is 5.26 Å². The van der Waals surface area contributed by atoms with Crippen molar-refractivity contribution < 1.29 is 13.5 Å². The first-order valence-corrected chi connectivity index (χ1v) is 10.3. The minimum absolute atomic E-state index is 0.00399. The van der Waals surface area contributed by atoms with Crippen LogP contribution in [-0.4, -0.2) is 19.3 Å². The summed E-state index contributed by atoms with van der Waals surface area (Å²) < 4.78 is 27.1. The number of phenols is 1. The lowest BCUT2D eigenvalue weighted by atomic mass is 9.98. The SMILES string of the molecule is CCS(=O)(=O)N1c2ccc(O)cc2CC1c1ccc2ccc(C#N)cc2c1. The molecule has 0 saturated carbocycles. The Labute approximate surface area is 158 Å². The number of nitrogens with zero attached hydrogens (tertiary/aromatic N) is 2. The summed E-state index contributed by atoms with van der Waals surface area (Å²) in [4.78, 5) is 0. The van der Waals surface area contributed by atoms with Crippen LogP contribution >= 0.6 is 0 Å². The molecule has 1 aliphatic heterocycles. The predicted molar refractivity (Wildman–Crippen MR) is 105 cm³/mol. The molecule has 0 fully saturated rings. The van der Waals surface area contributed by atoms with Crippen LogP contribution in [-0.2, 0) is 16.4 Å². The van der Waals surface area contributed by atoms with Crippen molar-refractivity contribution in [2.24, 2.45) is 0 Å². The number of benzene rings is 3. The largest absolute Gasteiger partial charge is 0.508 e. The van der Waals surface area contributed by atoms with Gasteiger partial charge >= 0.3 is 0 Å². The number of nitriles is 1. The van der Waals surface area contributed by atoms with Crippen molar-refractivity contribution in [1.82, 2.24) is 0 Å². The monoisotopic (exact) mass is 378 g/mol. The summed E-state index contributed by atoms with van der Waals surface area (Å²) in [6.45, 7) is 1.63. The third kappa shape index (κ3) is 2.90. The molecule has 4 rings (SSSR count). The molecule has 6 heteroatoms. The Morgan fingerprint density at radius 1 is 1.11 bits per heavy atom. The Hall–Kier alpha value is -3.04. The summed E-state index contributed by atoms with van der Waals surface area (Å²) in [5.74, 6) is 0.121.